The molecule has 6 nitrogen and oxygen atoms in total. The van der Waals surface area contributed by atoms with Gasteiger partial charge < -0.3 is 21.0 Å². The van der Waals surface area contributed by atoms with Gasteiger partial charge in [-0.15, -0.1) is 0 Å². The van der Waals surface area contributed by atoms with Crippen LogP contribution in [0.5, 0.6) is 0 Å². The Morgan fingerprint density at radius 2 is 2.50 bits per heavy atom. The maximum Gasteiger partial charge on any atom is 0.156 e. The van der Waals surface area contributed by atoms with Gasteiger partial charge in [0.2, 0.25) is 0 Å². The maximum absolute atomic E-state index is 8.68. The number of rotatable bonds is 5. The van der Waals surface area contributed by atoms with Gasteiger partial charge in [0.25, 0.3) is 0 Å². The Labute approximate surface area is 108 Å². The van der Waals surface area contributed by atoms with Gasteiger partial charge >= 0.3 is 0 Å². The van der Waals surface area contributed by atoms with E-state index < -0.39 is 0 Å². The minimum Gasteiger partial charge on any atom is -0.409 e. The zero-order valence-electron chi connectivity index (χ0n) is 11.0. The summed E-state index contributed by atoms with van der Waals surface area (Å²) < 4.78 is 5.85. The Balaban J connectivity index is 1.76. The van der Waals surface area contributed by atoms with Gasteiger partial charge in [-0.3, -0.25) is 4.90 Å². The minimum atomic E-state index is -0.0742. The first-order valence-corrected chi connectivity index (χ1v) is 6.81. The normalized spacial score (nSPS) is 31.3. The molecule has 4 N–H and O–H groups in total. The first-order chi connectivity index (χ1) is 8.74. The van der Waals surface area contributed by atoms with Crippen molar-refractivity contribution in [1.29, 1.82) is 0 Å². The van der Waals surface area contributed by atoms with Crippen LogP contribution < -0.4 is 11.1 Å². The number of nitrogens with one attached hydrogen (secondary N) is 1. The molecule has 3 atom stereocenters. The summed E-state index contributed by atoms with van der Waals surface area (Å²) in [5.41, 5.74) is 5.62. The molecule has 0 aliphatic carbocycles. The zero-order chi connectivity index (χ0) is 13.0. The summed E-state index contributed by atoms with van der Waals surface area (Å²) in [5, 5.41) is 15.0. The zero-order valence-corrected chi connectivity index (χ0v) is 11.0. The number of oxime groups is 1. The Morgan fingerprint density at radius 1 is 1.67 bits per heavy atom. The highest BCUT2D eigenvalue weighted by molar-refractivity contribution is 5.85. The van der Waals surface area contributed by atoms with Crippen molar-refractivity contribution in [1.82, 2.24) is 10.2 Å². The quantitative estimate of drug-likeness (QED) is 0.278. The molecule has 6 heteroatoms. The third-order valence-corrected chi connectivity index (χ3v) is 3.93. The number of fused-ring (bicyclic) bond motifs is 1. The first kappa shape index (κ1) is 13.6. The largest absolute Gasteiger partial charge is 0.409 e. The molecule has 0 aromatic heterocycles. The molecule has 0 bridgehead atoms. The van der Waals surface area contributed by atoms with E-state index in [9.17, 15) is 0 Å². The van der Waals surface area contributed by atoms with E-state index in [1.165, 1.54) is 19.4 Å². The van der Waals surface area contributed by atoms with Crippen molar-refractivity contribution in [2.75, 3.05) is 26.2 Å². The number of nitrogens with two attached hydrogens (primary N) is 1. The Morgan fingerprint density at radius 3 is 3.22 bits per heavy atom. The van der Waals surface area contributed by atoms with Crippen molar-refractivity contribution < 1.29 is 9.94 Å². The SMILES string of the molecule is CCC(NCC1CN2CCCC2CO1)C(N)=NO. The molecular weight excluding hydrogens is 232 g/mol. The molecule has 0 aromatic carbocycles. The molecule has 0 aromatic rings. The smallest absolute Gasteiger partial charge is 0.156 e. The molecule has 0 radical (unpaired) electrons. The van der Waals surface area contributed by atoms with Crippen molar-refractivity contribution in [3.05, 3.63) is 0 Å². The molecule has 0 saturated carbocycles. The van der Waals surface area contributed by atoms with Gasteiger partial charge in [0.15, 0.2) is 5.84 Å². The summed E-state index contributed by atoms with van der Waals surface area (Å²) in [7, 11) is 0. The fourth-order valence-electron chi connectivity index (χ4n) is 2.81. The molecule has 0 spiro atoms. The summed E-state index contributed by atoms with van der Waals surface area (Å²) in [5.74, 6) is 0.243. The molecule has 2 saturated heterocycles. The van der Waals surface area contributed by atoms with Gasteiger partial charge in [0.1, 0.15) is 0 Å². The minimum absolute atomic E-state index is 0.0742. The Bertz CT molecular complexity index is 298. The van der Waals surface area contributed by atoms with Gasteiger partial charge in [-0.25, -0.2) is 0 Å². The van der Waals surface area contributed by atoms with Crippen molar-refractivity contribution in [2.24, 2.45) is 10.9 Å². The fourth-order valence-corrected chi connectivity index (χ4v) is 2.81. The lowest BCUT2D eigenvalue weighted by atomic mass is 10.1. The van der Waals surface area contributed by atoms with E-state index >= 15 is 0 Å². The molecular formula is C12H24N4O2. The second-order valence-electron chi connectivity index (χ2n) is 5.14. The average molecular weight is 256 g/mol. The summed E-state index contributed by atoms with van der Waals surface area (Å²) in [4.78, 5) is 2.51. The second kappa shape index (κ2) is 6.36. The molecule has 2 rings (SSSR count). The lowest BCUT2D eigenvalue weighted by Crippen LogP contribution is -2.52. The fraction of sp³-hybridized carbons (Fsp3) is 0.917. The van der Waals surface area contributed by atoms with E-state index in [4.69, 9.17) is 15.7 Å². The van der Waals surface area contributed by atoms with Crippen LogP contribution in [-0.2, 0) is 4.74 Å². The van der Waals surface area contributed by atoms with E-state index in [0.717, 1.165) is 26.1 Å². The highest BCUT2D eigenvalue weighted by Gasteiger charge is 2.32. The molecule has 2 aliphatic rings. The van der Waals surface area contributed by atoms with Crippen LogP contribution in [0, 0.1) is 0 Å². The van der Waals surface area contributed by atoms with Gasteiger partial charge in [-0.2, -0.15) is 0 Å². The summed E-state index contributed by atoms with van der Waals surface area (Å²) in [6.07, 6.45) is 3.56. The third-order valence-electron chi connectivity index (χ3n) is 3.93. The standard InChI is InChI=1S/C12H24N4O2/c1-2-11(12(13)15-17)14-6-10-7-16-5-3-4-9(16)8-18-10/h9-11,14,17H,2-8H2,1H3,(H2,13,15). The van der Waals surface area contributed by atoms with Crippen molar-refractivity contribution in [3.63, 3.8) is 0 Å². The molecule has 0 amide bonds. The van der Waals surface area contributed by atoms with E-state index in [1.54, 1.807) is 0 Å². The molecule has 104 valence electrons. The Kier molecular flexibility index (Phi) is 4.79. The van der Waals surface area contributed by atoms with Crippen LogP contribution in [-0.4, -0.2) is 60.4 Å². The summed E-state index contributed by atoms with van der Waals surface area (Å²) >= 11 is 0. The molecule has 18 heavy (non-hydrogen) atoms. The van der Waals surface area contributed by atoms with Crippen LogP contribution in [0.3, 0.4) is 0 Å². The van der Waals surface area contributed by atoms with Gasteiger partial charge in [0.05, 0.1) is 18.8 Å². The van der Waals surface area contributed by atoms with Gasteiger partial charge in [0, 0.05) is 19.1 Å². The lowest BCUT2D eigenvalue weighted by Gasteiger charge is -2.35. The molecule has 2 fully saturated rings. The van der Waals surface area contributed by atoms with Crippen LogP contribution in [0.4, 0.5) is 0 Å². The van der Waals surface area contributed by atoms with Crippen LogP contribution >= 0.6 is 0 Å². The van der Waals surface area contributed by atoms with E-state index in [-0.39, 0.29) is 18.0 Å². The van der Waals surface area contributed by atoms with Crippen LogP contribution in [0.2, 0.25) is 0 Å². The van der Waals surface area contributed by atoms with E-state index in [2.05, 4.69) is 15.4 Å². The molecule has 2 aliphatic heterocycles. The predicted octanol–water partition coefficient (Wildman–Crippen LogP) is -0.0358. The Hall–Kier alpha value is -0.850. The van der Waals surface area contributed by atoms with Crippen LogP contribution in [0.25, 0.3) is 0 Å². The lowest BCUT2D eigenvalue weighted by molar-refractivity contribution is -0.0473. The maximum atomic E-state index is 8.68. The van der Waals surface area contributed by atoms with Gasteiger partial charge in [-0.1, -0.05) is 12.1 Å². The van der Waals surface area contributed by atoms with Crippen LogP contribution in [0.1, 0.15) is 26.2 Å². The van der Waals surface area contributed by atoms with Crippen molar-refractivity contribution in [2.45, 2.75) is 44.4 Å². The van der Waals surface area contributed by atoms with E-state index in [0.29, 0.717) is 6.04 Å². The number of nitrogens with zero attached hydrogens (tertiary/aromatic N) is 2. The van der Waals surface area contributed by atoms with Crippen LogP contribution in [0.15, 0.2) is 5.16 Å². The number of ether oxygens (including phenoxy) is 1. The third kappa shape index (κ3) is 3.13. The highest BCUT2D eigenvalue weighted by atomic mass is 16.5. The van der Waals surface area contributed by atoms with E-state index in [1.807, 2.05) is 6.92 Å². The predicted molar refractivity (Wildman–Crippen MR) is 69.8 cm³/mol. The summed E-state index contributed by atoms with van der Waals surface area (Å²) in [6.45, 7) is 5.78. The number of hydrogen-bond donors (Lipinski definition) is 3. The number of amidine groups is 1. The monoisotopic (exact) mass is 256 g/mol. The first-order valence-electron chi connectivity index (χ1n) is 6.81. The van der Waals surface area contributed by atoms with Crippen molar-refractivity contribution in [3.8, 4) is 0 Å². The number of hydrogen-bond acceptors (Lipinski definition) is 5. The average Bonchev–Trinajstić information content (AvgIpc) is 2.86. The topological polar surface area (TPSA) is 83.1 Å². The van der Waals surface area contributed by atoms with Crippen molar-refractivity contribution >= 4 is 5.84 Å². The molecule has 2 heterocycles. The summed E-state index contributed by atoms with van der Waals surface area (Å²) in [6, 6.07) is 0.558. The second-order valence-corrected chi connectivity index (χ2v) is 5.14. The highest BCUT2D eigenvalue weighted by Crippen LogP contribution is 2.22. The van der Waals surface area contributed by atoms with Gasteiger partial charge in [-0.05, 0) is 25.8 Å². The number of morpholine rings is 1. The molecule has 3 unspecified atom stereocenters.